The number of amides is 1. The van der Waals surface area contributed by atoms with Crippen LogP contribution in [0.1, 0.15) is 18.9 Å². The number of aliphatic hydroxyl groups excluding tert-OH is 1. The highest BCUT2D eigenvalue weighted by atomic mass is 16.3. The number of para-hydroxylation sites is 1. The minimum atomic E-state index is -0.376. The average molecular weight is 220 g/mol. The first-order chi connectivity index (χ1) is 7.66. The van der Waals surface area contributed by atoms with Gasteiger partial charge in [0.15, 0.2) is 0 Å². The van der Waals surface area contributed by atoms with E-state index in [4.69, 9.17) is 0 Å². The summed E-state index contributed by atoms with van der Waals surface area (Å²) in [6.45, 7) is 2.45. The Bertz CT molecular complexity index is 390. The van der Waals surface area contributed by atoms with Crippen molar-refractivity contribution in [3.05, 3.63) is 29.8 Å². The molecule has 86 valence electrons. The Morgan fingerprint density at radius 1 is 1.50 bits per heavy atom. The summed E-state index contributed by atoms with van der Waals surface area (Å²) in [7, 11) is 0. The lowest BCUT2D eigenvalue weighted by atomic mass is 10.1. The SMILES string of the molecule is CC(O)Cc1ccccc1N1CCC(=O)N1. The van der Waals surface area contributed by atoms with Gasteiger partial charge in [0.2, 0.25) is 5.91 Å². The van der Waals surface area contributed by atoms with E-state index in [0.717, 1.165) is 11.3 Å². The van der Waals surface area contributed by atoms with Gasteiger partial charge >= 0.3 is 0 Å². The van der Waals surface area contributed by atoms with E-state index >= 15 is 0 Å². The number of benzene rings is 1. The van der Waals surface area contributed by atoms with Gasteiger partial charge in [-0.1, -0.05) is 18.2 Å². The van der Waals surface area contributed by atoms with Crippen molar-refractivity contribution in [1.82, 2.24) is 5.43 Å². The maximum absolute atomic E-state index is 11.2. The number of carbonyl (C=O) groups excluding carboxylic acids is 1. The Morgan fingerprint density at radius 2 is 2.25 bits per heavy atom. The zero-order valence-electron chi connectivity index (χ0n) is 9.31. The van der Waals surface area contributed by atoms with E-state index in [1.165, 1.54) is 0 Å². The second-order valence-electron chi connectivity index (χ2n) is 4.12. The van der Waals surface area contributed by atoms with Gasteiger partial charge in [0.25, 0.3) is 0 Å². The third-order valence-electron chi connectivity index (χ3n) is 2.62. The van der Waals surface area contributed by atoms with Crippen LogP contribution in [0.25, 0.3) is 0 Å². The molecule has 0 radical (unpaired) electrons. The first kappa shape index (κ1) is 11.0. The van der Waals surface area contributed by atoms with Gasteiger partial charge in [-0.2, -0.15) is 0 Å². The highest BCUT2D eigenvalue weighted by Crippen LogP contribution is 2.22. The largest absolute Gasteiger partial charge is 0.393 e. The minimum Gasteiger partial charge on any atom is -0.393 e. The number of nitrogens with zero attached hydrogens (tertiary/aromatic N) is 1. The van der Waals surface area contributed by atoms with Gasteiger partial charge in [0, 0.05) is 19.4 Å². The molecule has 0 bridgehead atoms. The van der Waals surface area contributed by atoms with Crippen molar-refractivity contribution in [2.24, 2.45) is 0 Å². The van der Waals surface area contributed by atoms with Crippen molar-refractivity contribution in [2.45, 2.75) is 25.9 Å². The zero-order chi connectivity index (χ0) is 11.5. The van der Waals surface area contributed by atoms with Gasteiger partial charge in [0.05, 0.1) is 11.8 Å². The van der Waals surface area contributed by atoms with E-state index in [-0.39, 0.29) is 12.0 Å². The molecule has 2 rings (SSSR count). The molecule has 2 N–H and O–H groups in total. The number of nitrogens with one attached hydrogen (secondary N) is 1. The fourth-order valence-electron chi connectivity index (χ4n) is 1.92. The van der Waals surface area contributed by atoms with Crippen LogP contribution in [-0.2, 0) is 11.2 Å². The average Bonchev–Trinajstić information content (AvgIpc) is 2.65. The lowest BCUT2D eigenvalue weighted by Gasteiger charge is -2.21. The summed E-state index contributed by atoms with van der Waals surface area (Å²) in [5.41, 5.74) is 4.83. The maximum Gasteiger partial charge on any atom is 0.240 e. The molecule has 1 aromatic carbocycles. The van der Waals surface area contributed by atoms with Crippen molar-refractivity contribution in [3.8, 4) is 0 Å². The minimum absolute atomic E-state index is 0.0480. The summed E-state index contributed by atoms with van der Waals surface area (Å²) in [5.74, 6) is 0.0480. The number of hydrogen-bond acceptors (Lipinski definition) is 3. The molecule has 1 aliphatic heterocycles. The smallest absolute Gasteiger partial charge is 0.240 e. The predicted octanol–water partition coefficient (Wildman–Crippen LogP) is 0.851. The van der Waals surface area contributed by atoms with E-state index in [9.17, 15) is 9.90 Å². The summed E-state index contributed by atoms with van der Waals surface area (Å²) in [5, 5.41) is 11.3. The molecule has 1 atom stereocenters. The fraction of sp³-hybridized carbons (Fsp3) is 0.417. The number of hydrogen-bond donors (Lipinski definition) is 2. The van der Waals surface area contributed by atoms with Crippen LogP contribution >= 0.6 is 0 Å². The molecule has 16 heavy (non-hydrogen) atoms. The van der Waals surface area contributed by atoms with Crippen LogP contribution in [0.5, 0.6) is 0 Å². The molecule has 4 nitrogen and oxygen atoms in total. The zero-order valence-corrected chi connectivity index (χ0v) is 9.31. The van der Waals surface area contributed by atoms with E-state index in [1.807, 2.05) is 29.3 Å². The van der Waals surface area contributed by atoms with Gasteiger partial charge in [-0.15, -0.1) is 0 Å². The van der Waals surface area contributed by atoms with Crippen molar-refractivity contribution in [1.29, 1.82) is 0 Å². The summed E-state index contributed by atoms with van der Waals surface area (Å²) in [6.07, 6.45) is 0.755. The summed E-state index contributed by atoms with van der Waals surface area (Å²) in [4.78, 5) is 11.2. The Hall–Kier alpha value is -1.55. The van der Waals surface area contributed by atoms with E-state index < -0.39 is 0 Å². The molecule has 1 aromatic rings. The summed E-state index contributed by atoms with van der Waals surface area (Å²) in [6, 6.07) is 7.82. The van der Waals surface area contributed by atoms with Crippen LogP contribution in [0.4, 0.5) is 5.69 Å². The Morgan fingerprint density at radius 3 is 2.88 bits per heavy atom. The molecule has 1 saturated heterocycles. The van der Waals surface area contributed by atoms with Crippen molar-refractivity contribution in [2.75, 3.05) is 11.6 Å². The molecule has 0 aromatic heterocycles. The van der Waals surface area contributed by atoms with Crippen LogP contribution in [0.3, 0.4) is 0 Å². The van der Waals surface area contributed by atoms with Crippen molar-refractivity contribution < 1.29 is 9.90 Å². The van der Waals surface area contributed by atoms with Crippen molar-refractivity contribution >= 4 is 11.6 Å². The number of carbonyl (C=O) groups is 1. The first-order valence-corrected chi connectivity index (χ1v) is 5.50. The lowest BCUT2D eigenvalue weighted by molar-refractivity contribution is -0.119. The number of rotatable bonds is 3. The van der Waals surface area contributed by atoms with E-state index in [0.29, 0.717) is 19.4 Å². The van der Waals surface area contributed by atoms with Crippen LogP contribution < -0.4 is 10.4 Å². The first-order valence-electron chi connectivity index (χ1n) is 5.50. The van der Waals surface area contributed by atoms with Crippen molar-refractivity contribution in [3.63, 3.8) is 0 Å². The highest BCUT2D eigenvalue weighted by Gasteiger charge is 2.20. The quantitative estimate of drug-likeness (QED) is 0.794. The Labute approximate surface area is 94.9 Å². The highest BCUT2D eigenvalue weighted by molar-refractivity contribution is 5.81. The predicted molar refractivity (Wildman–Crippen MR) is 61.9 cm³/mol. The van der Waals surface area contributed by atoms with Gasteiger partial charge in [0.1, 0.15) is 0 Å². The maximum atomic E-state index is 11.2. The number of anilines is 1. The molecule has 1 aliphatic rings. The third-order valence-corrected chi connectivity index (χ3v) is 2.62. The monoisotopic (exact) mass is 220 g/mol. The molecule has 1 heterocycles. The second-order valence-corrected chi connectivity index (χ2v) is 4.12. The standard InChI is InChI=1S/C12H16N2O2/c1-9(15)8-10-4-2-3-5-11(10)14-7-6-12(16)13-14/h2-5,9,15H,6-8H2,1H3,(H,13,16). The van der Waals surface area contributed by atoms with Gasteiger partial charge < -0.3 is 5.11 Å². The normalized spacial score (nSPS) is 17.4. The molecule has 4 heteroatoms. The summed E-state index contributed by atoms with van der Waals surface area (Å²) >= 11 is 0. The number of aliphatic hydroxyl groups is 1. The van der Waals surface area contributed by atoms with E-state index in [2.05, 4.69) is 5.43 Å². The molecular weight excluding hydrogens is 204 g/mol. The molecule has 1 amide bonds. The molecule has 0 aliphatic carbocycles. The van der Waals surface area contributed by atoms with Gasteiger partial charge in [-0.3, -0.25) is 15.2 Å². The van der Waals surface area contributed by atoms with E-state index in [1.54, 1.807) is 6.92 Å². The van der Waals surface area contributed by atoms with Crippen LogP contribution in [-0.4, -0.2) is 23.7 Å². The summed E-state index contributed by atoms with van der Waals surface area (Å²) < 4.78 is 0. The molecule has 1 unspecified atom stereocenters. The third kappa shape index (κ3) is 2.33. The molecule has 1 fully saturated rings. The van der Waals surface area contributed by atoms with Gasteiger partial charge in [-0.25, -0.2) is 0 Å². The topological polar surface area (TPSA) is 52.6 Å². The molecule has 0 saturated carbocycles. The van der Waals surface area contributed by atoms with Crippen LogP contribution in [0, 0.1) is 0 Å². The molecular formula is C12H16N2O2. The van der Waals surface area contributed by atoms with Crippen LogP contribution in [0.15, 0.2) is 24.3 Å². The molecule has 0 spiro atoms. The fourth-order valence-corrected chi connectivity index (χ4v) is 1.92. The van der Waals surface area contributed by atoms with Crippen LogP contribution in [0.2, 0.25) is 0 Å². The Kier molecular flexibility index (Phi) is 3.10. The lowest BCUT2D eigenvalue weighted by Crippen LogP contribution is -2.33. The Balaban J connectivity index is 2.22. The van der Waals surface area contributed by atoms with Gasteiger partial charge in [-0.05, 0) is 18.6 Å². The second kappa shape index (κ2) is 4.53. The number of hydrazine groups is 1.